The van der Waals surface area contributed by atoms with E-state index in [1.807, 2.05) is 30.3 Å². The van der Waals surface area contributed by atoms with Crippen LogP contribution in [-0.2, 0) is 28.0 Å². The topological polar surface area (TPSA) is 59.6 Å². The van der Waals surface area contributed by atoms with Gasteiger partial charge in [0.05, 0.1) is 32.0 Å². The molecule has 4 rings (SSSR count). The molecule has 0 saturated carbocycles. The van der Waals surface area contributed by atoms with E-state index in [9.17, 15) is 13.6 Å². The Morgan fingerprint density at radius 2 is 1.53 bits per heavy atom. The summed E-state index contributed by atoms with van der Waals surface area (Å²) in [6.07, 6.45) is 0.578. The highest BCUT2D eigenvalue weighted by Gasteiger charge is 2.41. The first-order valence-electron chi connectivity index (χ1n) is 9.87. The average molecular weight is 459 g/mol. The summed E-state index contributed by atoms with van der Waals surface area (Å²) in [7, 11) is 2.88. The highest BCUT2D eigenvalue weighted by molar-refractivity contribution is 6.30. The third-order valence-electron chi connectivity index (χ3n) is 5.45. The molecule has 32 heavy (non-hydrogen) atoms. The molecule has 0 fully saturated rings. The summed E-state index contributed by atoms with van der Waals surface area (Å²) < 4.78 is 38.1. The molecule has 3 aromatic rings. The van der Waals surface area contributed by atoms with Crippen LogP contribution in [0.5, 0.6) is 5.75 Å². The number of carbonyl (C=O) groups is 1. The van der Waals surface area contributed by atoms with Gasteiger partial charge in [-0.05, 0) is 29.3 Å². The molecule has 8 heteroatoms. The summed E-state index contributed by atoms with van der Waals surface area (Å²) in [5.41, 5.74) is 2.37. The highest BCUT2D eigenvalue weighted by Crippen LogP contribution is 2.45. The molecule has 0 atom stereocenters. The van der Waals surface area contributed by atoms with Gasteiger partial charge in [0.1, 0.15) is 11.4 Å². The van der Waals surface area contributed by atoms with E-state index in [1.165, 1.54) is 14.2 Å². The minimum atomic E-state index is -0.956. The molecule has 0 amide bonds. The smallest absolute Gasteiger partial charge is 0.309 e. The summed E-state index contributed by atoms with van der Waals surface area (Å²) in [6.45, 7) is 0. The number of carbonyl (C=O) groups excluding carboxylic acids is 1. The molecule has 0 radical (unpaired) electrons. The van der Waals surface area contributed by atoms with Gasteiger partial charge in [0.25, 0.3) is 0 Å². The number of fused-ring (bicyclic) bond motifs is 1. The van der Waals surface area contributed by atoms with Crippen molar-refractivity contribution in [3.8, 4) is 5.75 Å². The lowest BCUT2D eigenvalue weighted by molar-refractivity contribution is -0.139. The minimum Gasteiger partial charge on any atom is -0.496 e. The maximum absolute atomic E-state index is 13.9. The van der Waals surface area contributed by atoms with E-state index in [0.29, 0.717) is 28.6 Å². The van der Waals surface area contributed by atoms with E-state index in [2.05, 4.69) is 10.6 Å². The van der Waals surface area contributed by atoms with Gasteiger partial charge < -0.3 is 20.1 Å². The van der Waals surface area contributed by atoms with E-state index < -0.39 is 17.3 Å². The molecule has 1 aliphatic rings. The maximum Gasteiger partial charge on any atom is 0.309 e. The third kappa shape index (κ3) is 4.21. The molecular formula is C24H21ClF2N2O3. The first kappa shape index (κ1) is 21.9. The van der Waals surface area contributed by atoms with E-state index >= 15 is 0 Å². The lowest BCUT2D eigenvalue weighted by atomic mass is 9.91. The molecule has 5 nitrogen and oxygen atoms in total. The van der Waals surface area contributed by atoms with Gasteiger partial charge in [-0.15, -0.1) is 0 Å². The van der Waals surface area contributed by atoms with Gasteiger partial charge in [0.2, 0.25) is 0 Å². The van der Waals surface area contributed by atoms with Crippen LogP contribution in [0.4, 0.5) is 20.2 Å². The number of ether oxygens (including phenoxy) is 2. The van der Waals surface area contributed by atoms with Crippen LogP contribution in [0.25, 0.3) is 0 Å². The zero-order valence-corrected chi connectivity index (χ0v) is 18.2. The van der Waals surface area contributed by atoms with E-state index in [-0.39, 0.29) is 12.4 Å². The minimum absolute atomic E-state index is 0.174. The molecule has 0 aromatic heterocycles. The predicted molar refractivity (Wildman–Crippen MR) is 119 cm³/mol. The molecule has 0 saturated heterocycles. The number of halogens is 3. The third-order valence-corrected chi connectivity index (χ3v) is 5.68. The molecule has 0 spiro atoms. The number of esters is 1. The number of hydrogen-bond acceptors (Lipinski definition) is 5. The number of rotatable bonds is 6. The number of hydrogen-bond donors (Lipinski definition) is 2. The van der Waals surface area contributed by atoms with Crippen LogP contribution in [0.1, 0.15) is 16.7 Å². The van der Waals surface area contributed by atoms with Gasteiger partial charge in [-0.1, -0.05) is 35.9 Å². The molecule has 2 N–H and O–H groups in total. The first-order chi connectivity index (χ1) is 15.3. The Kier molecular flexibility index (Phi) is 5.93. The average Bonchev–Trinajstić information content (AvgIpc) is 3.12. The van der Waals surface area contributed by atoms with Crippen molar-refractivity contribution in [2.75, 3.05) is 24.9 Å². The molecule has 1 aliphatic heterocycles. The monoisotopic (exact) mass is 458 g/mol. The second-order valence-corrected chi connectivity index (χ2v) is 7.99. The lowest BCUT2D eigenvalue weighted by Crippen LogP contribution is -2.41. The number of nitrogens with one attached hydrogen (secondary N) is 2. The zero-order chi connectivity index (χ0) is 22.9. The normalized spacial score (nSPS) is 13.7. The van der Waals surface area contributed by atoms with Gasteiger partial charge in [-0.25, -0.2) is 8.78 Å². The van der Waals surface area contributed by atoms with E-state index in [0.717, 1.165) is 28.8 Å². The Morgan fingerprint density at radius 3 is 2.09 bits per heavy atom. The molecule has 0 unspecified atom stereocenters. The van der Waals surface area contributed by atoms with Crippen LogP contribution in [0.3, 0.4) is 0 Å². The van der Waals surface area contributed by atoms with Crippen LogP contribution in [0.2, 0.25) is 5.02 Å². The molecular weight excluding hydrogens is 438 g/mol. The van der Waals surface area contributed by atoms with Crippen molar-refractivity contribution in [1.29, 1.82) is 0 Å². The molecule has 0 bridgehead atoms. The van der Waals surface area contributed by atoms with Gasteiger partial charge in [0.15, 0.2) is 11.6 Å². The van der Waals surface area contributed by atoms with Gasteiger partial charge >= 0.3 is 5.97 Å². The number of benzene rings is 3. The standard InChI is InChI=1S/C24H21ClF2N2O3/c1-31-22-10-16(25)7-8-17(22)24(28-20-11-18(26)19(27)12-21(20)29-24)13-15-5-3-14(4-6-15)9-23(30)32-2/h3-8,10-12,28-29H,9,13H2,1-2H3. The predicted octanol–water partition coefficient (Wildman–Crippen LogP) is 5.28. The SMILES string of the molecule is COC(=O)Cc1ccc(CC2(c3ccc(Cl)cc3OC)Nc3cc(F)c(F)cc3N2)cc1. The highest BCUT2D eigenvalue weighted by atomic mass is 35.5. The second kappa shape index (κ2) is 8.67. The summed E-state index contributed by atoms with van der Waals surface area (Å²) in [4.78, 5) is 11.5. The van der Waals surface area contributed by atoms with Gasteiger partial charge in [-0.2, -0.15) is 0 Å². The van der Waals surface area contributed by atoms with Crippen molar-refractivity contribution >= 4 is 28.9 Å². The number of anilines is 2. The maximum atomic E-state index is 13.9. The Morgan fingerprint density at radius 1 is 0.938 bits per heavy atom. The van der Waals surface area contributed by atoms with Gasteiger partial charge in [0, 0.05) is 29.1 Å². The Hall–Kier alpha value is -3.32. The fourth-order valence-electron chi connectivity index (χ4n) is 3.90. The summed E-state index contributed by atoms with van der Waals surface area (Å²) in [6, 6.07) is 15.0. The lowest BCUT2D eigenvalue weighted by Gasteiger charge is -2.33. The van der Waals surface area contributed by atoms with Crippen LogP contribution in [0, 0.1) is 11.6 Å². The summed E-state index contributed by atoms with van der Waals surface area (Å²) >= 11 is 6.15. The Bertz CT molecular complexity index is 1140. The second-order valence-electron chi connectivity index (χ2n) is 7.56. The number of methoxy groups -OCH3 is 2. The van der Waals surface area contributed by atoms with Gasteiger partial charge in [-0.3, -0.25) is 4.79 Å². The summed E-state index contributed by atoms with van der Waals surface area (Å²) in [5, 5.41) is 7.13. The van der Waals surface area contributed by atoms with E-state index in [4.69, 9.17) is 21.1 Å². The quantitative estimate of drug-likeness (QED) is 0.492. The molecule has 166 valence electrons. The molecule has 1 heterocycles. The van der Waals surface area contributed by atoms with Crippen LogP contribution >= 0.6 is 11.6 Å². The van der Waals surface area contributed by atoms with Crippen LogP contribution < -0.4 is 15.4 Å². The van der Waals surface area contributed by atoms with Crippen molar-refractivity contribution in [1.82, 2.24) is 0 Å². The fourth-order valence-corrected chi connectivity index (χ4v) is 4.06. The zero-order valence-electron chi connectivity index (χ0n) is 17.5. The molecule has 3 aromatic carbocycles. The largest absolute Gasteiger partial charge is 0.496 e. The summed E-state index contributed by atoms with van der Waals surface area (Å²) in [5.74, 6) is -1.68. The van der Waals surface area contributed by atoms with Crippen LogP contribution in [0.15, 0.2) is 54.6 Å². The molecule has 0 aliphatic carbocycles. The fraction of sp³-hybridized carbons (Fsp3) is 0.208. The van der Waals surface area contributed by atoms with Crippen molar-refractivity contribution in [3.63, 3.8) is 0 Å². The van der Waals surface area contributed by atoms with Crippen LogP contribution in [-0.4, -0.2) is 20.2 Å². The van der Waals surface area contributed by atoms with E-state index in [1.54, 1.807) is 12.1 Å². The Balaban J connectivity index is 1.74. The van der Waals surface area contributed by atoms with Crippen molar-refractivity contribution in [2.45, 2.75) is 18.5 Å². The van der Waals surface area contributed by atoms with Crippen molar-refractivity contribution in [2.24, 2.45) is 0 Å². The van der Waals surface area contributed by atoms with Crippen molar-refractivity contribution < 1.29 is 23.0 Å². The van der Waals surface area contributed by atoms with Crippen molar-refractivity contribution in [3.05, 3.63) is 87.9 Å². The Labute approximate surface area is 189 Å². The first-order valence-corrected chi connectivity index (χ1v) is 10.3.